The summed E-state index contributed by atoms with van der Waals surface area (Å²) in [6.45, 7) is -0.810. The number of benzene rings is 4. The second-order valence-electron chi connectivity index (χ2n) is 12.7. The summed E-state index contributed by atoms with van der Waals surface area (Å²) in [6.07, 6.45) is -1.58. The van der Waals surface area contributed by atoms with Crippen LogP contribution in [0.2, 0.25) is 0 Å². The summed E-state index contributed by atoms with van der Waals surface area (Å²) in [5, 5.41) is 22.7. The quantitative estimate of drug-likeness (QED) is 0.0647. The van der Waals surface area contributed by atoms with E-state index in [4.69, 9.17) is 24.7 Å². The van der Waals surface area contributed by atoms with E-state index in [-0.39, 0.29) is 11.4 Å². The number of carbonyl (C=O) groups is 3. The molecule has 1 saturated heterocycles. The van der Waals surface area contributed by atoms with E-state index in [1.165, 1.54) is 38.6 Å². The van der Waals surface area contributed by atoms with Crippen molar-refractivity contribution in [2.45, 2.75) is 41.5 Å². The number of aliphatic hydroxyl groups is 1. The van der Waals surface area contributed by atoms with Crippen molar-refractivity contribution in [1.82, 2.24) is 9.55 Å². The number of aromatic nitrogens is 2. The van der Waals surface area contributed by atoms with Crippen molar-refractivity contribution >= 4 is 23.5 Å². The van der Waals surface area contributed by atoms with Crippen molar-refractivity contribution in [3.8, 4) is 0 Å². The molecule has 0 saturated carbocycles. The summed E-state index contributed by atoms with van der Waals surface area (Å²) in [7, 11) is 2.40. The van der Waals surface area contributed by atoms with Gasteiger partial charge in [-0.1, -0.05) is 121 Å². The third-order valence-corrected chi connectivity index (χ3v) is 9.92. The Morgan fingerprint density at radius 3 is 1.72 bits per heavy atom. The fourth-order valence-corrected chi connectivity index (χ4v) is 7.76. The summed E-state index contributed by atoms with van der Waals surface area (Å²) in [4.78, 5) is 58.0. The second kappa shape index (κ2) is 15.2. The molecule has 4 aromatic carbocycles. The lowest BCUT2D eigenvalue weighted by atomic mass is 9.58. The molecular formula is C41H39N3O10. The van der Waals surface area contributed by atoms with Crippen molar-refractivity contribution in [2.75, 3.05) is 26.6 Å². The van der Waals surface area contributed by atoms with Crippen LogP contribution in [-0.2, 0) is 39.7 Å². The lowest BCUT2D eigenvalue weighted by molar-refractivity contribution is -0.349. The average Bonchev–Trinajstić information content (AvgIpc) is 3.42. The molecule has 0 aliphatic carbocycles. The van der Waals surface area contributed by atoms with Gasteiger partial charge in [-0.05, 0) is 22.8 Å². The number of methoxy groups -OCH3 is 2. The van der Waals surface area contributed by atoms with Gasteiger partial charge < -0.3 is 34.9 Å². The standard InChI is InChI=1S/C41H39N3O10/c1-51-41(52-2)39(50,36(48)28-15-7-3-8-16-28)32(27-53-35(47)24-23-34(45)46)54-40(41,44-26-25-33(42)43-37(44)49)38(29-17-9-4-10-18-29,30-19-11-5-12-20-30)31-21-13-6-14-22-31/h3-22,25-26,32,50H,23-24,27H2,1-2H3,(H,45,46)(H2,42,43,49)/t32-,39+,40-/m1/s1. The largest absolute Gasteiger partial charge is 0.481 e. The number of nitrogen functional groups attached to an aromatic ring is 1. The monoisotopic (exact) mass is 733 g/mol. The van der Waals surface area contributed by atoms with Gasteiger partial charge in [-0.2, -0.15) is 4.98 Å². The van der Waals surface area contributed by atoms with Crippen molar-refractivity contribution in [3.63, 3.8) is 0 Å². The Kier molecular flexibility index (Phi) is 10.6. The van der Waals surface area contributed by atoms with E-state index in [9.17, 15) is 24.6 Å². The van der Waals surface area contributed by atoms with Gasteiger partial charge in [-0.15, -0.1) is 0 Å². The number of Topliss-reactive ketones (excluding diaryl/α,β-unsaturated/α-hetero) is 1. The number of ketones is 1. The van der Waals surface area contributed by atoms with Crippen LogP contribution < -0.4 is 11.4 Å². The van der Waals surface area contributed by atoms with Gasteiger partial charge in [0.1, 0.15) is 18.5 Å². The molecular weight excluding hydrogens is 694 g/mol. The van der Waals surface area contributed by atoms with E-state index >= 15 is 4.79 Å². The van der Waals surface area contributed by atoms with Gasteiger partial charge in [-0.3, -0.25) is 19.0 Å². The van der Waals surface area contributed by atoms with Gasteiger partial charge in [0.15, 0.2) is 0 Å². The zero-order valence-corrected chi connectivity index (χ0v) is 29.5. The maximum absolute atomic E-state index is 15.1. The predicted octanol–water partition coefficient (Wildman–Crippen LogP) is 3.92. The number of hydrogen-bond acceptors (Lipinski definition) is 11. The Bertz CT molecular complexity index is 2070. The summed E-state index contributed by atoms with van der Waals surface area (Å²) in [6, 6.07) is 36.1. The minimum atomic E-state index is -2.94. The maximum Gasteiger partial charge on any atom is 0.352 e. The van der Waals surface area contributed by atoms with Crippen LogP contribution in [0.15, 0.2) is 138 Å². The van der Waals surface area contributed by atoms with Crippen LogP contribution >= 0.6 is 0 Å². The highest BCUT2D eigenvalue weighted by Crippen LogP contribution is 2.65. The first-order valence-electron chi connectivity index (χ1n) is 17.0. The Labute approximate surface area is 310 Å². The van der Waals surface area contributed by atoms with Crippen LogP contribution in [0.1, 0.15) is 39.9 Å². The van der Waals surface area contributed by atoms with E-state index in [1.54, 1.807) is 109 Å². The minimum absolute atomic E-state index is 0.00703. The normalized spacial score (nSPS) is 20.6. The number of rotatable bonds is 14. The smallest absolute Gasteiger partial charge is 0.352 e. The summed E-state index contributed by atoms with van der Waals surface area (Å²) in [5.41, 5.74) is -0.653. The lowest BCUT2D eigenvalue weighted by Crippen LogP contribution is -2.76. The van der Waals surface area contributed by atoms with E-state index in [0.29, 0.717) is 16.7 Å². The molecule has 0 radical (unpaired) electrons. The maximum atomic E-state index is 15.1. The van der Waals surface area contributed by atoms with Crippen LogP contribution in [0, 0.1) is 0 Å². The molecule has 278 valence electrons. The number of nitrogens with zero attached hydrogens (tertiary/aromatic N) is 2. The van der Waals surface area contributed by atoms with Gasteiger partial charge >= 0.3 is 17.6 Å². The first-order chi connectivity index (χ1) is 26.0. The summed E-state index contributed by atoms with van der Waals surface area (Å²) in [5.74, 6) is -5.98. The number of anilines is 1. The zero-order valence-electron chi connectivity index (χ0n) is 29.5. The number of hydrogen-bond donors (Lipinski definition) is 3. The fourth-order valence-electron chi connectivity index (χ4n) is 7.76. The van der Waals surface area contributed by atoms with E-state index in [1.807, 2.05) is 0 Å². The molecule has 6 rings (SSSR count). The highest BCUT2D eigenvalue weighted by Gasteiger charge is 2.85. The molecule has 1 fully saturated rings. The summed E-state index contributed by atoms with van der Waals surface area (Å²) >= 11 is 0. The Balaban J connectivity index is 1.82. The van der Waals surface area contributed by atoms with E-state index < -0.39 is 71.5 Å². The van der Waals surface area contributed by atoms with Crippen LogP contribution in [0.5, 0.6) is 0 Å². The molecule has 0 bridgehead atoms. The fraction of sp³-hybridized carbons (Fsp3) is 0.244. The minimum Gasteiger partial charge on any atom is -0.481 e. The molecule has 1 aliphatic rings. The van der Waals surface area contributed by atoms with Gasteiger partial charge in [0.2, 0.25) is 17.1 Å². The van der Waals surface area contributed by atoms with Gasteiger partial charge in [0, 0.05) is 26.0 Å². The first-order valence-corrected chi connectivity index (χ1v) is 17.0. The number of carboxylic acid groups (broad SMARTS) is 1. The number of carbonyl (C=O) groups excluding carboxylic acids is 2. The van der Waals surface area contributed by atoms with Gasteiger partial charge in [0.05, 0.1) is 18.3 Å². The Morgan fingerprint density at radius 2 is 1.28 bits per heavy atom. The molecule has 13 heteroatoms. The molecule has 4 N–H and O–H groups in total. The number of carboxylic acids is 1. The van der Waals surface area contributed by atoms with Crippen LogP contribution in [0.3, 0.4) is 0 Å². The first kappa shape index (κ1) is 37.8. The molecule has 3 atom stereocenters. The molecule has 0 spiro atoms. The number of ether oxygens (including phenoxy) is 4. The highest BCUT2D eigenvalue weighted by molar-refractivity contribution is 6.04. The van der Waals surface area contributed by atoms with Crippen molar-refractivity contribution in [2.24, 2.45) is 0 Å². The zero-order chi connectivity index (χ0) is 38.6. The number of nitrogens with two attached hydrogens (primary N) is 1. The van der Waals surface area contributed by atoms with Gasteiger partial charge in [-0.25, -0.2) is 4.79 Å². The highest BCUT2D eigenvalue weighted by atomic mass is 16.8. The van der Waals surface area contributed by atoms with Crippen molar-refractivity contribution < 1.29 is 43.5 Å². The lowest BCUT2D eigenvalue weighted by Gasteiger charge is -2.56. The van der Waals surface area contributed by atoms with Crippen molar-refractivity contribution in [3.05, 3.63) is 166 Å². The number of aliphatic carboxylic acids is 1. The van der Waals surface area contributed by atoms with Crippen LogP contribution in [0.4, 0.5) is 5.82 Å². The van der Waals surface area contributed by atoms with Crippen LogP contribution in [-0.4, -0.2) is 75.8 Å². The van der Waals surface area contributed by atoms with E-state index in [2.05, 4.69) is 4.98 Å². The van der Waals surface area contributed by atoms with Crippen LogP contribution in [0.25, 0.3) is 0 Å². The SMILES string of the molecule is COC1(OC)[C@@](n2ccc(N)nc2=O)(C(c2ccccc2)(c2ccccc2)c2ccccc2)O[C@H](COC(=O)CCC(=O)O)[C@]1(O)C(=O)c1ccccc1. The Hall–Kier alpha value is -5.99. The van der Waals surface area contributed by atoms with Gasteiger partial charge in [0.25, 0.3) is 5.79 Å². The van der Waals surface area contributed by atoms with E-state index in [0.717, 1.165) is 4.57 Å². The molecule has 1 aliphatic heterocycles. The third kappa shape index (κ3) is 5.78. The molecule has 0 amide bonds. The predicted molar refractivity (Wildman–Crippen MR) is 195 cm³/mol. The third-order valence-electron chi connectivity index (χ3n) is 9.92. The average molecular weight is 734 g/mol. The second-order valence-corrected chi connectivity index (χ2v) is 12.7. The molecule has 2 heterocycles. The molecule has 1 aromatic heterocycles. The number of esters is 1. The molecule has 13 nitrogen and oxygen atoms in total. The summed E-state index contributed by atoms with van der Waals surface area (Å²) < 4.78 is 26.6. The molecule has 54 heavy (non-hydrogen) atoms. The Morgan fingerprint density at radius 1 is 0.796 bits per heavy atom. The van der Waals surface area contributed by atoms with Crippen molar-refractivity contribution in [1.29, 1.82) is 0 Å². The topological polar surface area (TPSA) is 189 Å². The molecule has 5 aromatic rings. The molecule has 0 unspecified atom stereocenters.